The fraction of sp³-hybridized carbons (Fsp3) is 0.385. The van der Waals surface area contributed by atoms with Crippen molar-refractivity contribution in [3.63, 3.8) is 0 Å². The minimum atomic E-state index is -0.219. The van der Waals surface area contributed by atoms with Crippen molar-refractivity contribution in [2.45, 2.75) is 20.8 Å². The van der Waals surface area contributed by atoms with Crippen LogP contribution in [0.2, 0.25) is 0 Å². The molecule has 0 aliphatic rings. The number of benzene rings is 1. The van der Waals surface area contributed by atoms with Gasteiger partial charge in [0.1, 0.15) is 0 Å². The van der Waals surface area contributed by atoms with E-state index in [1.807, 2.05) is 26.8 Å². The Morgan fingerprint density at radius 3 is 2.47 bits per heavy atom. The summed E-state index contributed by atoms with van der Waals surface area (Å²) in [5.74, 6) is -0.243. The number of rotatable bonds is 4. The van der Waals surface area contributed by atoms with Gasteiger partial charge in [-0.05, 0) is 30.7 Å². The van der Waals surface area contributed by atoms with E-state index in [1.54, 1.807) is 12.1 Å². The lowest BCUT2D eigenvalue weighted by Gasteiger charge is -2.07. The van der Waals surface area contributed by atoms with E-state index in [9.17, 15) is 9.59 Å². The Morgan fingerprint density at radius 1 is 1.29 bits per heavy atom. The molecule has 1 aromatic carbocycles. The maximum absolute atomic E-state index is 11.8. The van der Waals surface area contributed by atoms with Gasteiger partial charge in [0.15, 0.2) is 5.78 Å². The third kappa shape index (κ3) is 4.30. The third-order valence-electron chi connectivity index (χ3n) is 2.37. The molecule has 92 valence electrons. The fourth-order valence-electron chi connectivity index (χ4n) is 1.34. The molecule has 1 rings (SSSR count). The van der Waals surface area contributed by atoms with Crippen LogP contribution >= 0.6 is 15.9 Å². The first-order valence-corrected chi connectivity index (χ1v) is 6.27. The maximum Gasteiger partial charge on any atom is 0.251 e. The molecule has 0 radical (unpaired) electrons. The second-order valence-electron chi connectivity index (χ2n) is 4.32. The van der Waals surface area contributed by atoms with Crippen LogP contribution in [0.25, 0.3) is 0 Å². The largest absolute Gasteiger partial charge is 0.345 e. The number of nitrogens with one attached hydrogen (secondary N) is 1. The van der Waals surface area contributed by atoms with E-state index in [0.29, 0.717) is 5.56 Å². The van der Waals surface area contributed by atoms with Gasteiger partial charge in [0.05, 0.1) is 6.54 Å². The standard InChI is InChI=1S/C13H16BrNO2/c1-8(2)12(16)7-15-13(17)10-4-9(3)5-11(14)6-10/h4-6,8H,7H2,1-3H3,(H,15,17). The molecule has 0 heterocycles. The van der Waals surface area contributed by atoms with Crippen LogP contribution in [0.5, 0.6) is 0 Å². The van der Waals surface area contributed by atoms with E-state index >= 15 is 0 Å². The van der Waals surface area contributed by atoms with Crippen molar-refractivity contribution in [3.8, 4) is 0 Å². The first-order chi connectivity index (χ1) is 7.90. The number of halogens is 1. The number of hydrogen-bond donors (Lipinski definition) is 1. The average Bonchev–Trinajstić information content (AvgIpc) is 2.23. The molecule has 1 N–H and O–H groups in total. The Balaban J connectivity index is 2.67. The summed E-state index contributed by atoms with van der Waals surface area (Å²) in [5, 5.41) is 2.63. The second-order valence-corrected chi connectivity index (χ2v) is 5.24. The van der Waals surface area contributed by atoms with Gasteiger partial charge < -0.3 is 5.32 Å². The predicted octanol–water partition coefficient (Wildman–Crippen LogP) is 2.71. The van der Waals surface area contributed by atoms with Crippen LogP contribution in [0.3, 0.4) is 0 Å². The molecule has 0 aliphatic heterocycles. The molecular weight excluding hydrogens is 282 g/mol. The molecule has 0 saturated heterocycles. The molecule has 0 atom stereocenters. The fourth-order valence-corrected chi connectivity index (χ4v) is 1.95. The number of hydrogen-bond acceptors (Lipinski definition) is 2. The van der Waals surface area contributed by atoms with Crippen molar-refractivity contribution in [2.75, 3.05) is 6.54 Å². The van der Waals surface area contributed by atoms with E-state index in [0.717, 1.165) is 10.0 Å². The lowest BCUT2D eigenvalue weighted by atomic mass is 10.1. The maximum atomic E-state index is 11.8. The summed E-state index contributed by atoms with van der Waals surface area (Å²) in [6.07, 6.45) is 0. The molecule has 0 unspecified atom stereocenters. The van der Waals surface area contributed by atoms with Crippen molar-refractivity contribution in [1.29, 1.82) is 0 Å². The van der Waals surface area contributed by atoms with Gasteiger partial charge >= 0.3 is 0 Å². The quantitative estimate of drug-likeness (QED) is 0.929. The van der Waals surface area contributed by atoms with Crippen LogP contribution in [0, 0.1) is 12.8 Å². The third-order valence-corrected chi connectivity index (χ3v) is 2.83. The van der Waals surface area contributed by atoms with Crippen molar-refractivity contribution < 1.29 is 9.59 Å². The van der Waals surface area contributed by atoms with Gasteiger partial charge in [-0.3, -0.25) is 9.59 Å². The number of carbonyl (C=O) groups is 2. The van der Waals surface area contributed by atoms with Crippen LogP contribution in [0.1, 0.15) is 29.8 Å². The van der Waals surface area contributed by atoms with Crippen LogP contribution in [-0.4, -0.2) is 18.2 Å². The highest BCUT2D eigenvalue weighted by atomic mass is 79.9. The number of aryl methyl sites for hydroxylation is 1. The molecule has 0 aromatic heterocycles. The molecule has 0 spiro atoms. The van der Waals surface area contributed by atoms with Crippen molar-refractivity contribution in [3.05, 3.63) is 33.8 Å². The monoisotopic (exact) mass is 297 g/mol. The van der Waals surface area contributed by atoms with E-state index in [1.165, 1.54) is 0 Å². The van der Waals surface area contributed by atoms with Gasteiger partial charge in [-0.2, -0.15) is 0 Å². The molecule has 4 heteroatoms. The van der Waals surface area contributed by atoms with Gasteiger partial charge in [-0.15, -0.1) is 0 Å². The van der Waals surface area contributed by atoms with Crippen LogP contribution < -0.4 is 5.32 Å². The summed E-state index contributed by atoms with van der Waals surface area (Å²) in [7, 11) is 0. The second kappa shape index (κ2) is 5.96. The summed E-state index contributed by atoms with van der Waals surface area (Å²) in [4.78, 5) is 23.2. The van der Waals surface area contributed by atoms with Crippen LogP contribution in [-0.2, 0) is 4.79 Å². The van der Waals surface area contributed by atoms with E-state index in [2.05, 4.69) is 21.2 Å². The summed E-state index contributed by atoms with van der Waals surface area (Å²) in [6, 6.07) is 5.46. The molecule has 3 nitrogen and oxygen atoms in total. The zero-order chi connectivity index (χ0) is 13.0. The molecule has 1 amide bonds. The smallest absolute Gasteiger partial charge is 0.251 e. The van der Waals surface area contributed by atoms with Gasteiger partial charge in [0.25, 0.3) is 5.91 Å². The van der Waals surface area contributed by atoms with E-state index in [-0.39, 0.29) is 24.2 Å². The van der Waals surface area contributed by atoms with Gasteiger partial charge in [-0.25, -0.2) is 0 Å². The number of amides is 1. The summed E-state index contributed by atoms with van der Waals surface area (Å²) in [5.41, 5.74) is 1.56. The Labute approximate surface area is 110 Å². The molecule has 0 aliphatic carbocycles. The Bertz CT molecular complexity index is 421. The van der Waals surface area contributed by atoms with Crippen LogP contribution in [0.4, 0.5) is 0 Å². The van der Waals surface area contributed by atoms with Crippen LogP contribution in [0.15, 0.2) is 22.7 Å². The number of carbonyl (C=O) groups excluding carboxylic acids is 2. The molecule has 17 heavy (non-hydrogen) atoms. The molecule has 0 fully saturated rings. The Kier molecular flexibility index (Phi) is 4.87. The number of Topliss-reactive ketones (excluding diaryl/α,β-unsaturated/α-hetero) is 1. The highest BCUT2D eigenvalue weighted by molar-refractivity contribution is 9.10. The van der Waals surface area contributed by atoms with E-state index < -0.39 is 0 Å². The highest BCUT2D eigenvalue weighted by Crippen LogP contribution is 2.15. The minimum Gasteiger partial charge on any atom is -0.345 e. The molecular formula is C13H16BrNO2. The summed E-state index contributed by atoms with van der Waals surface area (Å²) >= 11 is 3.34. The molecule has 1 aromatic rings. The minimum absolute atomic E-state index is 0.0325. The van der Waals surface area contributed by atoms with Gasteiger partial charge in [0, 0.05) is 16.0 Å². The average molecular weight is 298 g/mol. The Hall–Kier alpha value is -1.16. The first-order valence-electron chi connectivity index (χ1n) is 5.48. The predicted molar refractivity (Wildman–Crippen MR) is 71.1 cm³/mol. The molecule has 0 bridgehead atoms. The summed E-state index contributed by atoms with van der Waals surface area (Å²) in [6.45, 7) is 5.64. The zero-order valence-corrected chi connectivity index (χ0v) is 11.8. The lowest BCUT2D eigenvalue weighted by molar-refractivity contribution is -0.120. The molecule has 0 saturated carbocycles. The lowest BCUT2D eigenvalue weighted by Crippen LogP contribution is -2.31. The highest BCUT2D eigenvalue weighted by Gasteiger charge is 2.11. The Morgan fingerprint density at radius 2 is 1.94 bits per heavy atom. The van der Waals surface area contributed by atoms with Gasteiger partial charge in [0.2, 0.25) is 0 Å². The van der Waals surface area contributed by atoms with Crippen molar-refractivity contribution in [1.82, 2.24) is 5.32 Å². The van der Waals surface area contributed by atoms with Crippen molar-refractivity contribution in [2.24, 2.45) is 5.92 Å². The van der Waals surface area contributed by atoms with Gasteiger partial charge in [-0.1, -0.05) is 29.8 Å². The summed E-state index contributed by atoms with van der Waals surface area (Å²) < 4.78 is 0.859. The first kappa shape index (κ1) is 13.9. The van der Waals surface area contributed by atoms with Crippen molar-refractivity contribution >= 4 is 27.6 Å². The number of ketones is 1. The topological polar surface area (TPSA) is 46.2 Å². The SMILES string of the molecule is Cc1cc(Br)cc(C(=O)NCC(=O)C(C)C)c1. The normalized spacial score (nSPS) is 10.4. The van der Waals surface area contributed by atoms with E-state index in [4.69, 9.17) is 0 Å². The zero-order valence-electron chi connectivity index (χ0n) is 10.2.